The van der Waals surface area contributed by atoms with Gasteiger partial charge in [-0.05, 0) is 30.2 Å². The van der Waals surface area contributed by atoms with Gasteiger partial charge in [-0.15, -0.1) is 10.2 Å². The van der Waals surface area contributed by atoms with Gasteiger partial charge in [0.15, 0.2) is 4.34 Å². The first-order valence-electron chi connectivity index (χ1n) is 8.71. The normalized spacial score (nSPS) is 10.5. The lowest BCUT2D eigenvalue weighted by Gasteiger charge is -2.18. The van der Waals surface area contributed by atoms with E-state index in [1.807, 2.05) is 49.5 Å². The molecule has 1 heterocycles. The summed E-state index contributed by atoms with van der Waals surface area (Å²) in [7, 11) is 3.45. The molecule has 0 atom stereocenters. The van der Waals surface area contributed by atoms with Crippen molar-refractivity contribution in [3.8, 4) is 5.75 Å². The minimum atomic E-state index is 0.0580. The van der Waals surface area contributed by atoms with Crippen molar-refractivity contribution in [2.24, 2.45) is 0 Å². The molecular formula is C20H22N4O2S2. The van der Waals surface area contributed by atoms with Gasteiger partial charge >= 0.3 is 0 Å². The van der Waals surface area contributed by atoms with E-state index in [9.17, 15) is 4.79 Å². The molecule has 3 rings (SSSR count). The second-order valence-corrected chi connectivity index (χ2v) is 8.36. The lowest BCUT2D eigenvalue weighted by Crippen LogP contribution is -2.28. The van der Waals surface area contributed by atoms with Gasteiger partial charge in [-0.3, -0.25) is 4.79 Å². The highest BCUT2D eigenvalue weighted by molar-refractivity contribution is 8.01. The Morgan fingerprint density at radius 3 is 2.71 bits per heavy atom. The molecule has 0 fully saturated rings. The Balaban J connectivity index is 1.54. The summed E-state index contributed by atoms with van der Waals surface area (Å²) < 4.78 is 6.07. The van der Waals surface area contributed by atoms with Gasteiger partial charge in [0.1, 0.15) is 5.75 Å². The predicted molar refractivity (Wildman–Crippen MR) is 115 cm³/mol. The standard InChI is InChI=1S/C20H22N4O2S2/c1-14-8-4-5-9-15(14)12-24(2)18(25)13-27-20-23-22-19(28-20)21-16-10-6-7-11-17(16)26-3/h4-11H,12-13H2,1-3H3,(H,21,22). The zero-order valence-corrected chi connectivity index (χ0v) is 17.6. The first-order valence-corrected chi connectivity index (χ1v) is 10.5. The number of nitrogens with zero attached hydrogens (tertiary/aromatic N) is 3. The van der Waals surface area contributed by atoms with Gasteiger partial charge in [-0.2, -0.15) is 0 Å². The van der Waals surface area contributed by atoms with Crippen LogP contribution in [0.1, 0.15) is 11.1 Å². The number of anilines is 2. The summed E-state index contributed by atoms with van der Waals surface area (Å²) in [6.07, 6.45) is 0. The van der Waals surface area contributed by atoms with Crippen LogP contribution in [-0.2, 0) is 11.3 Å². The molecule has 0 aliphatic carbocycles. The van der Waals surface area contributed by atoms with Crippen molar-refractivity contribution in [1.82, 2.24) is 15.1 Å². The summed E-state index contributed by atoms with van der Waals surface area (Å²) in [6, 6.07) is 15.7. The number of thioether (sulfide) groups is 1. The first kappa shape index (κ1) is 20.2. The molecule has 1 amide bonds. The molecule has 3 aromatic rings. The summed E-state index contributed by atoms with van der Waals surface area (Å²) >= 11 is 2.81. The van der Waals surface area contributed by atoms with Gasteiger partial charge in [-0.1, -0.05) is 59.5 Å². The van der Waals surface area contributed by atoms with E-state index in [0.717, 1.165) is 21.3 Å². The summed E-state index contributed by atoms with van der Waals surface area (Å²) in [6.45, 7) is 2.66. The van der Waals surface area contributed by atoms with E-state index in [2.05, 4.69) is 28.5 Å². The third kappa shape index (κ3) is 5.24. The van der Waals surface area contributed by atoms with Crippen LogP contribution < -0.4 is 10.1 Å². The molecule has 28 heavy (non-hydrogen) atoms. The monoisotopic (exact) mass is 414 g/mol. The van der Waals surface area contributed by atoms with Crippen molar-refractivity contribution in [2.75, 3.05) is 25.2 Å². The van der Waals surface area contributed by atoms with Crippen molar-refractivity contribution in [2.45, 2.75) is 17.8 Å². The molecule has 0 aliphatic heterocycles. The van der Waals surface area contributed by atoms with E-state index in [0.29, 0.717) is 17.4 Å². The fourth-order valence-electron chi connectivity index (χ4n) is 2.55. The van der Waals surface area contributed by atoms with Gasteiger partial charge in [0.25, 0.3) is 0 Å². The minimum Gasteiger partial charge on any atom is -0.495 e. The van der Waals surface area contributed by atoms with Gasteiger partial charge in [0, 0.05) is 13.6 Å². The van der Waals surface area contributed by atoms with Crippen molar-refractivity contribution in [1.29, 1.82) is 0 Å². The Kier molecular flexibility index (Phi) is 6.89. The minimum absolute atomic E-state index is 0.0580. The third-order valence-corrected chi connectivity index (χ3v) is 6.13. The fourth-order valence-corrected chi connectivity index (χ4v) is 4.25. The van der Waals surface area contributed by atoms with Gasteiger partial charge in [0.2, 0.25) is 11.0 Å². The highest BCUT2D eigenvalue weighted by Gasteiger charge is 2.13. The third-order valence-electron chi connectivity index (χ3n) is 4.17. The molecule has 0 radical (unpaired) electrons. The smallest absolute Gasteiger partial charge is 0.233 e. The number of aryl methyl sites for hydroxylation is 1. The Morgan fingerprint density at radius 1 is 1.18 bits per heavy atom. The molecule has 1 aromatic heterocycles. The summed E-state index contributed by atoms with van der Waals surface area (Å²) in [5.74, 6) is 1.12. The first-order chi connectivity index (χ1) is 13.6. The highest BCUT2D eigenvalue weighted by atomic mass is 32.2. The van der Waals surface area contributed by atoms with Crippen LogP contribution in [0.25, 0.3) is 0 Å². The fraction of sp³-hybridized carbons (Fsp3) is 0.250. The van der Waals surface area contributed by atoms with Crippen LogP contribution >= 0.6 is 23.1 Å². The summed E-state index contributed by atoms with van der Waals surface area (Å²) in [5, 5.41) is 12.2. The number of methoxy groups -OCH3 is 1. The molecule has 6 nitrogen and oxygen atoms in total. The Labute approximate surface area is 172 Å². The number of hydrogen-bond acceptors (Lipinski definition) is 7. The number of carbonyl (C=O) groups excluding carboxylic acids is 1. The summed E-state index contributed by atoms with van der Waals surface area (Å²) in [5.41, 5.74) is 3.17. The number of nitrogens with one attached hydrogen (secondary N) is 1. The number of amides is 1. The molecule has 146 valence electrons. The van der Waals surface area contributed by atoms with E-state index in [4.69, 9.17) is 4.74 Å². The Hall–Kier alpha value is -2.58. The maximum absolute atomic E-state index is 12.4. The SMILES string of the molecule is COc1ccccc1Nc1nnc(SCC(=O)N(C)Cc2ccccc2C)s1. The molecule has 8 heteroatoms. The predicted octanol–water partition coefficient (Wildman–Crippen LogP) is 4.35. The molecule has 0 saturated heterocycles. The highest BCUT2D eigenvalue weighted by Crippen LogP contribution is 2.31. The average molecular weight is 415 g/mol. The molecule has 0 saturated carbocycles. The quantitative estimate of drug-likeness (QED) is 0.553. The maximum atomic E-state index is 12.4. The number of rotatable bonds is 8. The molecule has 2 aromatic carbocycles. The van der Waals surface area contributed by atoms with Crippen LogP contribution in [0.5, 0.6) is 5.75 Å². The molecule has 1 N–H and O–H groups in total. The van der Waals surface area contributed by atoms with Crippen molar-refractivity contribution < 1.29 is 9.53 Å². The maximum Gasteiger partial charge on any atom is 0.233 e. The number of aromatic nitrogens is 2. The zero-order chi connectivity index (χ0) is 19.9. The average Bonchev–Trinajstić information content (AvgIpc) is 3.15. The lowest BCUT2D eigenvalue weighted by molar-refractivity contribution is -0.127. The zero-order valence-electron chi connectivity index (χ0n) is 16.0. The number of benzene rings is 2. The van der Waals surface area contributed by atoms with Crippen LogP contribution in [-0.4, -0.2) is 40.9 Å². The Morgan fingerprint density at radius 2 is 1.93 bits per heavy atom. The second-order valence-electron chi connectivity index (χ2n) is 6.16. The van der Waals surface area contributed by atoms with Crippen LogP contribution in [0.15, 0.2) is 52.9 Å². The van der Waals surface area contributed by atoms with Crippen LogP contribution in [0.3, 0.4) is 0 Å². The lowest BCUT2D eigenvalue weighted by atomic mass is 10.1. The van der Waals surface area contributed by atoms with Crippen LogP contribution in [0, 0.1) is 6.92 Å². The van der Waals surface area contributed by atoms with E-state index in [1.54, 1.807) is 12.0 Å². The summed E-state index contributed by atoms with van der Waals surface area (Å²) in [4.78, 5) is 14.2. The number of hydrogen-bond donors (Lipinski definition) is 1. The molecule has 0 spiro atoms. The molecular weight excluding hydrogens is 392 g/mol. The number of para-hydroxylation sites is 2. The van der Waals surface area contributed by atoms with Gasteiger partial charge in [-0.25, -0.2) is 0 Å². The van der Waals surface area contributed by atoms with E-state index >= 15 is 0 Å². The van der Waals surface area contributed by atoms with E-state index in [1.165, 1.54) is 28.7 Å². The van der Waals surface area contributed by atoms with Crippen LogP contribution in [0.2, 0.25) is 0 Å². The number of carbonyl (C=O) groups is 1. The number of ether oxygens (including phenoxy) is 1. The Bertz CT molecular complexity index is 945. The molecule has 0 unspecified atom stereocenters. The van der Waals surface area contributed by atoms with Crippen molar-refractivity contribution in [3.05, 3.63) is 59.7 Å². The second kappa shape index (κ2) is 9.57. The van der Waals surface area contributed by atoms with Gasteiger partial charge in [0.05, 0.1) is 18.6 Å². The molecule has 0 aliphatic rings. The topological polar surface area (TPSA) is 67.3 Å². The van der Waals surface area contributed by atoms with Crippen LogP contribution in [0.4, 0.5) is 10.8 Å². The van der Waals surface area contributed by atoms with E-state index < -0.39 is 0 Å². The van der Waals surface area contributed by atoms with Crippen molar-refractivity contribution in [3.63, 3.8) is 0 Å². The van der Waals surface area contributed by atoms with Crippen molar-refractivity contribution >= 4 is 39.8 Å². The largest absolute Gasteiger partial charge is 0.495 e. The molecule has 0 bridgehead atoms. The van der Waals surface area contributed by atoms with E-state index in [-0.39, 0.29) is 5.91 Å². The van der Waals surface area contributed by atoms with Gasteiger partial charge < -0.3 is 15.0 Å².